The van der Waals surface area contributed by atoms with Gasteiger partial charge in [-0.15, -0.1) is 10.2 Å². The Labute approximate surface area is 176 Å². The third-order valence-electron chi connectivity index (χ3n) is 4.91. The van der Waals surface area contributed by atoms with Crippen molar-refractivity contribution in [2.24, 2.45) is 0 Å². The van der Waals surface area contributed by atoms with E-state index >= 15 is 0 Å². The van der Waals surface area contributed by atoms with Crippen molar-refractivity contribution < 1.29 is 9.53 Å². The molecule has 0 atom stereocenters. The van der Waals surface area contributed by atoms with E-state index in [0.29, 0.717) is 17.2 Å². The average Bonchev–Trinajstić information content (AvgIpc) is 3.18. The first kappa shape index (κ1) is 21.0. The first-order valence-electron chi connectivity index (χ1n) is 9.82. The van der Waals surface area contributed by atoms with Crippen LogP contribution in [0.15, 0.2) is 36.4 Å². The van der Waals surface area contributed by atoms with Gasteiger partial charge >= 0.3 is 0 Å². The largest absolute Gasteiger partial charge is 0.496 e. The van der Waals surface area contributed by atoms with Crippen molar-refractivity contribution in [2.45, 2.75) is 40.5 Å². The van der Waals surface area contributed by atoms with Crippen LogP contribution in [0.5, 0.6) is 5.75 Å². The maximum Gasteiger partial charge on any atom is 0.260 e. The van der Waals surface area contributed by atoms with Crippen molar-refractivity contribution in [3.8, 4) is 16.3 Å². The zero-order chi connectivity index (χ0) is 21.0. The number of aryl methyl sites for hydroxylation is 3. The molecule has 0 spiro atoms. The Morgan fingerprint density at radius 3 is 2.38 bits per heavy atom. The minimum atomic E-state index is -0.0265. The lowest BCUT2D eigenvalue weighted by atomic mass is 10.1. The Morgan fingerprint density at radius 1 is 1.07 bits per heavy atom. The molecule has 29 heavy (non-hydrogen) atoms. The number of methoxy groups -OCH3 is 1. The van der Waals surface area contributed by atoms with Crippen LogP contribution in [0.2, 0.25) is 0 Å². The van der Waals surface area contributed by atoms with Crippen LogP contribution in [0.4, 0.5) is 5.13 Å². The lowest BCUT2D eigenvalue weighted by Crippen LogP contribution is -2.32. The molecule has 1 aromatic heterocycles. The molecule has 0 aliphatic carbocycles. The summed E-state index contributed by atoms with van der Waals surface area (Å²) in [7, 11) is 1.68. The van der Waals surface area contributed by atoms with E-state index in [1.165, 1.54) is 11.3 Å². The molecule has 1 amide bonds. The van der Waals surface area contributed by atoms with Crippen LogP contribution in [0.25, 0.3) is 10.6 Å². The van der Waals surface area contributed by atoms with Gasteiger partial charge in [-0.05, 0) is 62.1 Å². The van der Waals surface area contributed by atoms with Gasteiger partial charge in [0.1, 0.15) is 10.8 Å². The van der Waals surface area contributed by atoms with E-state index in [4.69, 9.17) is 4.74 Å². The average molecular weight is 410 g/mol. The molecule has 0 radical (unpaired) electrons. The molecule has 3 aromatic rings. The minimum absolute atomic E-state index is 0.0265. The van der Waals surface area contributed by atoms with E-state index in [0.717, 1.165) is 45.9 Å². The monoisotopic (exact) mass is 409 g/mol. The summed E-state index contributed by atoms with van der Waals surface area (Å²) in [4.78, 5) is 15.0. The zero-order valence-electron chi connectivity index (χ0n) is 17.7. The molecule has 5 nitrogen and oxygen atoms in total. The fraction of sp³-hybridized carbons (Fsp3) is 0.348. The van der Waals surface area contributed by atoms with Gasteiger partial charge < -0.3 is 4.74 Å². The fourth-order valence-electron chi connectivity index (χ4n) is 3.40. The standard InChI is InChI=1S/C23H27N3O2S/c1-6-7-12-26(22(27)19-11-9-8-10-15(19)2)23-25-24-21(29-23)18-13-16(3)20(28-5)17(4)14-18/h8-11,13-14H,6-7,12H2,1-5H3. The number of benzene rings is 2. The quantitative estimate of drug-likeness (QED) is 0.511. The van der Waals surface area contributed by atoms with E-state index in [2.05, 4.69) is 29.3 Å². The number of carbonyl (C=O) groups excluding carboxylic acids is 1. The third kappa shape index (κ3) is 4.48. The molecule has 3 rings (SSSR count). The van der Waals surface area contributed by atoms with E-state index < -0.39 is 0 Å². The van der Waals surface area contributed by atoms with Crippen molar-refractivity contribution >= 4 is 22.4 Å². The molecule has 0 unspecified atom stereocenters. The number of carbonyl (C=O) groups is 1. The fourth-order valence-corrected chi connectivity index (χ4v) is 4.25. The van der Waals surface area contributed by atoms with Crippen molar-refractivity contribution in [2.75, 3.05) is 18.6 Å². The molecule has 0 saturated carbocycles. The lowest BCUT2D eigenvalue weighted by molar-refractivity contribution is 0.0986. The van der Waals surface area contributed by atoms with Crippen molar-refractivity contribution in [1.82, 2.24) is 10.2 Å². The van der Waals surface area contributed by atoms with Gasteiger partial charge in [0, 0.05) is 17.7 Å². The number of amides is 1. The van der Waals surface area contributed by atoms with E-state index in [1.807, 2.05) is 45.0 Å². The summed E-state index contributed by atoms with van der Waals surface area (Å²) in [5.74, 6) is 0.860. The zero-order valence-corrected chi connectivity index (χ0v) is 18.5. The molecule has 0 aliphatic rings. The first-order valence-corrected chi connectivity index (χ1v) is 10.6. The molecular formula is C23H27N3O2S. The Kier molecular flexibility index (Phi) is 6.64. The lowest BCUT2D eigenvalue weighted by Gasteiger charge is -2.20. The number of nitrogens with zero attached hydrogens (tertiary/aromatic N) is 3. The van der Waals surface area contributed by atoms with Crippen LogP contribution in [-0.4, -0.2) is 29.8 Å². The first-order chi connectivity index (χ1) is 14.0. The molecule has 2 aromatic carbocycles. The molecule has 1 heterocycles. The topological polar surface area (TPSA) is 55.3 Å². The molecular weight excluding hydrogens is 382 g/mol. The minimum Gasteiger partial charge on any atom is -0.496 e. The molecule has 0 saturated heterocycles. The van der Waals surface area contributed by atoms with E-state index in [9.17, 15) is 4.79 Å². The van der Waals surface area contributed by atoms with Gasteiger partial charge in [-0.25, -0.2) is 0 Å². The van der Waals surface area contributed by atoms with Gasteiger partial charge in [0.25, 0.3) is 5.91 Å². The normalized spacial score (nSPS) is 10.8. The summed E-state index contributed by atoms with van der Waals surface area (Å²) in [5.41, 5.74) is 4.76. The Hall–Kier alpha value is -2.73. The third-order valence-corrected chi connectivity index (χ3v) is 5.91. The maximum absolute atomic E-state index is 13.3. The van der Waals surface area contributed by atoms with Crippen molar-refractivity contribution in [1.29, 1.82) is 0 Å². The van der Waals surface area contributed by atoms with Crippen molar-refractivity contribution in [3.05, 3.63) is 58.7 Å². The van der Waals surface area contributed by atoms with Gasteiger partial charge in [-0.1, -0.05) is 42.9 Å². The van der Waals surface area contributed by atoms with Crippen LogP contribution in [0, 0.1) is 20.8 Å². The molecule has 0 fully saturated rings. The summed E-state index contributed by atoms with van der Waals surface area (Å²) in [6.45, 7) is 8.74. The highest BCUT2D eigenvalue weighted by atomic mass is 32.1. The molecule has 0 N–H and O–H groups in total. The Bertz CT molecular complexity index is 990. The van der Waals surface area contributed by atoms with Gasteiger partial charge in [0.05, 0.1) is 7.11 Å². The summed E-state index contributed by atoms with van der Waals surface area (Å²) in [5, 5.41) is 10.2. The second-order valence-electron chi connectivity index (χ2n) is 7.16. The highest BCUT2D eigenvalue weighted by molar-refractivity contribution is 7.18. The summed E-state index contributed by atoms with van der Waals surface area (Å²) >= 11 is 1.45. The van der Waals surface area contributed by atoms with Crippen LogP contribution >= 0.6 is 11.3 Å². The molecule has 152 valence electrons. The van der Waals surface area contributed by atoms with E-state index in [-0.39, 0.29) is 5.91 Å². The molecule has 0 bridgehead atoms. The van der Waals surface area contributed by atoms with Gasteiger partial charge in [0.15, 0.2) is 0 Å². The van der Waals surface area contributed by atoms with Crippen molar-refractivity contribution in [3.63, 3.8) is 0 Å². The van der Waals surface area contributed by atoms with E-state index in [1.54, 1.807) is 12.0 Å². The number of hydrogen-bond acceptors (Lipinski definition) is 5. The number of aromatic nitrogens is 2. The summed E-state index contributed by atoms with van der Waals surface area (Å²) in [6, 6.07) is 11.8. The van der Waals surface area contributed by atoms with Crippen LogP contribution in [-0.2, 0) is 0 Å². The Morgan fingerprint density at radius 2 is 1.76 bits per heavy atom. The van der Waals surface area contributed by atoms with Gasteiger partial charge in [-0.2, -0.15) is 0 Å². The predicted octanol–water partition coefficient (Wildman–Crippen LogP) is 5.59. The summed E-state index contributed by atoms with van der Waals surface area (Å²) in [6.07, 6.45) is 1.91. The van der Waals surface area contributed by atoms with Crippen LogP contribution in [0.1, 0.15) is 46.8 Å². The number of unbranched alkanes of at least 4 members (excludes halogenated alkanes) is 1. The number of ether oxygens (including phenoxy) is 1. The molecule has 6 heteroatoms. The van der Waals surface area contributed by atoms with Gasteiger partial charge in [-0.3, -0.25) is 9.69 Å². The smallest absolute Gasteiger partial charge is 0.260 e. The number of rotatable bonds is 7. The predicted molar refractivity (Wildman–Crippen MR) is 119 cm³/mol. The highest BCUT2D eigenvalue weighted by Gasteiger charge is 2.23. The summed E-state index contributed by atoms with van der Waals surface area (Å²) < 4.78 is 5.46. The maximum atomic E-state index is 13.3. The number of anilines is 1. The van der Waals surface area contributed by atoms with Gasteiger partial charge in [0.2, 0.25) is 5.13 Å². The SMILES string of the molecule is CCCCN(C(=O)c1ccccc1C)c1nnc(-c2cc(C)c(OC)c(C)c2)s1. The second kappa shape index (κ2) is 9.18. The highest BCUT2D eigenvalue weighted by Crippen LogP contribution is 2.34. The molecule has 0 aliphatic heterocycles. The number of hydrogen-bond donors (Lipinski definition) is 0. The van der Waals surface area contributed by atoms with Crippen LogP contribution < -0.4 is 9.64 Å². The Balaban J connectivity index is 1.96. The second-order valence-corrected chi connectivity index (χ2v) is 8.11. The van der Waals surface area contributed by atoms with Crippen LogP contribution in [0.3, 0.4) is 0 Å².